The lowest BCUT2D eigenvalue weighted by Crippen LogP contribution is -2.30. The van der Waals surface area contributed by atoms with Gasteiger partial charge in [0.15, 0.2) is 5.78 Å². The molecular formula is C19H19NO2S. The zero-order chi connectivity index (χ0) is 16.2. The van der Waals surface area contributed by atoms with E-state index in [1.807, 2.05) is 23.1 Å². The maximum atomic E-state index is 12.2. The molecule has 0 atom stereocenters. The predicted molar refractivity (Wildman–Crippen MR) is 97.3 cm³/mol. The molecule has 3 nitrogen and oxygen atoms in total. The van der Waals surface area contributed by atoms with Gasteiger partial charge in [-0.2, -0.15) is 0 Å². The molecule has 0 aromatic heterocycles. The molecular weight excluding hydrogens is 306 g/mol. The number of nitrogens with zero attached hydrogens (tertiary/aromatic N) is 1. The van der Waals surface area contributed by atoms with Gasteiger partial charge < -0.3 is 9.64 Å². The molecule has 23 heavy (non-hydrogen) atoms. The molecule has 1 heterocycles. The Morgan fingerprint density at radius 2 is 1.91 bits per heavy atom. The highest BCUT2D eigenvalue weighted by atomic mass is 32.1. The maximum absolute atomic E-state index is 12.2. The third-order valence-electron chi connectivity index (χ3n) is 4.06. The normalized spacial score (nSPS) is 15.7. The van der Waals surface area contributed by atoms with E-state index in [1.165, 1.54) is 0 Å². The summed E-state index contributed by atoms with van der Waals surface area (Å²) in [5.41, 5.74) is 1.92. The molecule has 0 bridgehead atoms. The number of carbonyl (C=O) groups is 1. The van der Waals surface area contributed by atoms with Crippen molar-refractivity contribution >= 4 is 39.5 Å². The first-order chi connectivity index (χ1) is 11.2. The minimum Gasteiger partial charge on any atom is -0.383 e. The average Bonchev–Trinajstić information content (AvgIpc) is 2.72. The van der Waals surface area contributed by atoms with E-state index in [-0.39, 0.29) is 5.78 Å². The number of ether oxygens (including phenoxy) is 1. The van der Waals surface area contributed by atoms with Gasteiger partial charge in [0.25, 0.3) is 0 Å². The lowest BCUT2D eigenvalue weighted by atomic mass is 10.0. The van der Waals surface area contributed by atoms with Crippen LogP contribution >= 0.6 is 12.2 Å². The number of fused-ring (bicyclic) bond motifs is 1. The number of hydrogen-bond acceptors (Lipinski definition) is 3. The summed E-state index contributed by atoms with van der Waals surface area (Å²) >= 11 is 5.56. The van der Waals surface area contributed by atoms with E-state index >= 15 is 0 Å². The summed E-state index contributed by atoms with van der Waals surface area (Å²) in [7, 11) is 1.67. The Kier molecular flexibility index (Phi) is 4.84. The van der Waals surface area contributed by atoms with Gasteiger partial charge in [-0.1, -0.05) is 54.7 Å². The van der Waals surface area contributed by atoms with Crippen LogP contribution in [0.5, 0.6) is 0 Å². The van der Waals surface area contributed by atoms with Gasteiger partial charge in [0.2, 0.25) is 0 Å². The molecule has 118 valence electrons. The van der Waals surface area contributed by atoms with Crippen LogP contribution in [-0.4, -0.2) is 35.9 Å². The quantitative estimate of drug-likeness (QED) is 0.799. The van der Waals surface area contributed by atoms with Crippen molar-refractivity contribution in [1.82, 2.24) is 4.90 Å². The van der Waals surface area contributed by atoms with Gasteiger partial charge in [0.1, 0.15) is 0 Å². The average molecular weight is 325 g/mol. The number of allylic oxidation sites excluding steroid dienone is 1. The second kappa shape index (κ2) is 7.02. The molecule has 0 saturated carbocycles. The van der Waals surface area contributed by atoms with Crippen LogP contribution in [0.15, 0.2) is 48.5 Å². The first kappa shape index (κ1) is 15.8. The highest BCUT2D eigenvalue weighted by Gasteiger charge is 2.22. The molecule has 0 radical (unpaired) electrons. The van der Waals surface area contributed by atoms with Gasteiger partial charge >= 0.3 is 0 Å². The monoisotopic (exact) mass is 325 g/mol. The SMILES string of the molecule is COCCN1C(=S)CCC(=O)C=C1c1cccc2ccccc12. The van der Waals surface area contributed by atoms with Crippen molar-refractivity contribution in [1.29, 1.82) is 0 Å². The Hall–Kier alpha value is -2.04. The van der Waals surface area contributed by atoms with Gasteiger partial charge in [0.05, 0.1) is 17.3 Å². The molecule has 1 aliphatic rings. The molecule has 1 aliphatic heterocycles. The van der Waals surface area contributed by atoms with E-state index in [0.29, 0.717) is 26.0 Å². The van der Waals surface area contributed by atoms with Crippen molar-refractivity contribution in [2.24, 2.45) is 0 Å². The van der Waals surface area contributed by atoms with E-state index < -0.39 is 0 Å². The van der Waals surface area contributed by atoms with Crippen molar-refractivity contribution in [3.8, 4) is 0 Å². The first-order valence-electron chi connectivity index (χ1n) is 7.72. The summed E-state index contributed by atoms with van der Waals surface area (Å²) < 4.78 is 5.22. The number of carbonyl (C=O) groups excluding carboxylic acids is 1. The van der Waals surface area contributed by atoms with Crippen LogP contribution in [0.25, 0.3) is 16.5 Å². The molecule has 0 amide bonds. The molecule has 0 aliphatic carbocycles. The number of methoxy groups -OCH3 is 1. The number of thiocarbonyl (C=S) groups is 1. The third-order valence-corrected chi connectivity index (χ3v) is 4.48. The van der Waals surface area contributed by atoms with Crippen LogP contribution in [0.1, 0.15) is 18.4 Å². The zero-order valence-corrected chi connectivity index (χ0v) is 13.9. The Balaban J connectivity index is 2.14. The number of hydrogen-bond donors (Lipinski definition) is 0. The van der Waals surface area contributed by atoms with E-state index in [1.54, 1.807) is 13.2 Å². The molecule has 0 saturated heterocycles. The molecule has 2 aromatic carbocycles. The highest BCUT2D eigenvalue weighted by Crippen LogP contribution is 2.30. The van der Waals surface area contributed by atoms with E-state index in [4.69, 9.17) is 17.0 Å². The predicted octanol–water partition coefficient (Wildman–Crippen LogP) is 3.82. The van der Waals surface area contributed by atoms with E-state index in [9.17, 15) is 4.79 Å². The summed E-state index contributed by atoms with van der Waals surface area (Å²) in [6, 6.07) is 14.3. The standard InChI is InChI=1S/C19H19NO2S/c1-22-12-11-20-18(13-15(21)9-10-19(20)23)17-8-4-6-14-5-2-3-7-16(14)17/h2-8,13H,9-12H2,1H3. The van der Waals surface area contributed by atoms with Gasteiger partial charge in [-0.05, 0) is 10.8 Å². The Labute approximate surface area is 141 Å². The Morgan fingerprint density at radius 1 is 1.13 bits per heavy atom. The van der Waals surface area contributed by atoms with E-state index in [0.717, 1.165) is 27.0 Å². The lowest BCUT2D eigenvalue weighted by molar-refractivity contribution is -0.114. The molecule has 3 rings (SSSR count). The van der Waals surface area contributed by atoms with Gasteiger partial charge in [-0.25, -0.2) is 0 Å². The largest absolute Gasteiger partial charge is 0.383 e. The Bertz CT molecular complexity index is 777. The third kappa shape index (κ3) is 3.33. The molecule has 0 spiro atoms. The summed E-state index contributed by atoms with van der Waals surface area (Å²) in [5.74, 6) is 0.121. The lowest BCUT2D eigenvalue weighted by Gasteiger charge is -2.27. The first-order valence-corrected chi connectivity index (χ1v) is 8.13. The minimum absolute atomic E-state index is 0.121. The van der Waals surface area contributed by atoms with Gasteiger partial charge in [-0.3, -0.25) is 4.79 Å². The fraction of sp³-hybridized carbons (Fsp3) is 0.263. The fourth-order valence-electron chi connectivity index (χ4n) is 2.90. The summed E-state index contributed by atoms with van der Waals surface area (Å²) in [4.78, 5) is 15.0. The molecule has 0 N–H and O–H groups in total. The number of rotatable bonds is 4. The van der Waals surface area contributed by atoms with E-state index in [2.05, 4.69) is 24.3 Å². The van der Waals surface area contributed by atoms with Crippen LogP contribution < -0.4 is 0 Å². The minimum atomic E-state index is 0.121. The van der Waals surface area contributed by atoms with Gasteiger partial charge in [-0.15, -0.1) is 0 Å². The molecule has 4 heteroatoms. The molecule has 0 unspecified atom stereocenters. The summed E-state index contributed by atoms with van der Waals surface area (Å²) in [5, 5.41) is 2.28. The maximum Gasteiger partial charge on any atom is 0.158 e. The van der Waals surface area contributed by atoms with Gasteiger partial charge in [0, 0.05) is 38.1 Å². The summed E-state index contributed by atoms with van der Waals surface area (Å²) in [6.45, 7) is 1.22. The zero-order valence-electron chi connectivity index (χ0n) is 13.1. The number of ketones is 1. The summed E-state index contributed by atoms with van der Waals surface area (Å²) in [6.07, 6.45) is 2.82. The topological polar surface area (TPSA) is 29.5 Å². The highest BCUT2D eigenvalue weighted by molar-refractivity contribution is 7.80. The van der Waals surface area contributed by atoms with Crippen LogP contribution in [0.4, 0.5) is 0 Å². The second-order valence-corrected chi connectivity index (χ2v) is 6.03. The van der Waals surface area contributed by atoms with Crippen molar-refractivity contribution in [2.45, 2.75) is 12.8 Å². The molecule has 2 aromatic rings. The van der Waals surface area contributed by atoms with Crippen molar-refractivity contribution in [3.05, 3.63) is 54.1 Å². The molecule has 0 fully saturated rings. The van der Waals surface area contributed by atoms with Crippen LogP contribution in [0.3, 0.4) is 0 Å². The van der Waals surface area contributed by atoms with Crippen LogP contribution in [-0.2, 0) is 9.53 Å². The van der Waals surface area contributed by atoms with Crippen molar-refractivity contribution < 1.29 is 9.53 Å². The van der Waals surface area contributed by atoms with Crippen molar-refractivity contribution in [3.63, 3.8) is 0 Å². The number of benzene rings is 2. The van der Waals surface area contributed by atoms with Crippen molar-refractivity contribution in [2.75, 3.05) is 20.3 Å². The second-order valence-electron chi connectivity index (χ2n) is 5.56. The smallest absolute Gasteiger partial charge is 0.158 e. The Morgan fingerprint density at radius 3 is 2.74 bits per heavy atom. The van der Waals surface area contributed by atoms with Crippen LogP contribution in [0, 0.1) is 0 Å². The fourth-order valence-corrected chi connectivity index (χ4v) is 3.19. The van der Waals surface area contributed by atoms with Crippen LogP contribution in [0.2, 0.25) is 0 Å².